The second-order valence-corrected chi connectivity index (χ2v) is 5.57. The molecule has 0 aromatic heterocycles. The van der Waals surface area contributed by atoms with E-state index in [2.05, 4.69) is 15.9 Å². The first-order chi connectivity index (χ1) is 6.57. The topological polar surface area (TPSA) is 51.2 Å². The van der Waals surface area contributed by atoms with Crippen molar-refractivity contribution in [2.24, 2.45) is 0 Å². The molecular formula is C9H5BrO3S. The average Bonchev–Trinajstić information content (AvgIpc) is 2.38. The fraction of sp³-hybridized carbons (Fsp3) is 0. The predicted molar refractivity (Wildman–Crippen MR) is 55.4 cm³/mol. The minimum atomic E-state index is -3.58. The second kappa shape index (κ2) is 3.03. The molecule has 0 saturated heterocycles. The number of allylic oxidation sites excluding steroid dienone is 1. The molecule has 1 aliphatic rings. The lowest BCUT2D eigenvalue weighted by Gasteiger charge is -2.01. The SMILES string of the molecule is O=CC1=Cc2cccc(Br)c2S1(=O)=O. The Kier molecular flexibility index (Phi) is 2.08. The number of hydrogen-bond donors (Lipinski definition) is 0. The normalized spacial score (nSPS) is 17.4. The number of hydrogen-bond acceptors (Lipinski definition) is 3. The number of carbonyl (C=O) groups is 1. The quantitative estimate of drug-likeness (QED) is 0.733. The highest BCUT2D eigenvalue weighted by Gasteiger charge is 2.30. The van der Waals surface area contributed by atoms with Gasteiger partial charge in [-0.3, -0.25) is 4.79 Å². The Balaban J connectivity index is 2.84. The van der Waals surface area contributed by atoms with E-state index in [0.29, 0.717) is 16.3 Å². The summed E-state index contributed by atoms with van der Waals surface area (Å²) in [6.07, 6.45) is 1.74. The molecule has 0 bridgehead atoms. The monoisotopic (exact) mass is 272 g/mol. The van der Waals surface area contributed by atoms with Crippen LogP contribution in [0.5, 0.6) is 0 Å². The van der Waals surface area contributed by atoms with Crippen molar-refractivity contribution in [3.05, 3.63) is 33.1 Å². The molecule has 5 heteroatoms. The van der Waals surface area contributed by atoms with E-state index in [1.807, 2.05) is 0 Å². The number of aldehydes is 1. The van der Waals surface area contributed by atoms with Crippen LogP contribution in [0, 0.1) is 0 Å². The van der Waals surface area contributed by atoms with E-state index in [9.17, 15) is 13.2 Å². The Morgan fingerprint density at radius 2 is 2.00 bits per heavy atom. The van der Waals surface area contributed by atoms with Crippen molar-refractivity contribution in [2.45, 2.75) is 4.90 Å². The van der Waals surface area contributed by atoms with Crippen molar-refractivity contribution in [1.82, 2.24) is 0 Å². The zero-order valence-corrected chi connectivity index (χ0v) is 9.30. The van der Waals surface area contributed by atoms with Crippen LogP contribution in [-0.4, -0.2) is 14.7 Å². The third-order valence-electron chi connectivity index (χ3n) is 1.99. The molecule has 0 unspecified atom stereocenters. The predicted octanol–water partition coefficient (Wildman–Crippen LogP) is 1.78. The fourth-order valence-electron chi connectivity index (χ4n) is 1.37. The molecular weight excluding hydrogens is 268 g/mol. The summed E-state index contributed by atoms with van der Waals surface area (Å²) in [5.74, 6) is 0. The van der Waals surface area contributed by atoms with Crippen LogP contribution in [0.15, 0.2) is 32.5 Å². The molecule has 0 N–H and O–H groups in total. The minimum Gasteiger partial charge on any atom is -0.297 e. The lowest BCUT2D eigenvalue weighted by atomic mass is 10.2. The standard InChI is InChI=1S/C9H5BrO3S/c10-8-3-1-2-6-4-7(5-11)14(12,13)9(6)8/h1-5H. The number of fused-ring (bicyclic) bond motifs is 1. The van der Waals surface area contributed by atoms with Gasteiger partial charge in [0.1, 0.15) is 4.91 Å². The van der Waals surface area contributed by atoms with Crippen molar-refractivity contribution in [3.63, 3.8) is 0 Å². The summed E-state index contributed by atoms with van der Waals surface area (Å²) in [6.45, 7) is 0. The van der Waals surface area contributed by atoms with Crippen molar-refractivity contribution in [3.8, 4) is 0 Å². The van der Waals surface area contributed by atoms with Crippen LogP contribution in [0.1, 0.15) is 5.56 Å². The van der Waals surface area contributed by atoms with E-state index in [4.69, 9.17) is 0 Å². The summed E-state index contributed by atoms with van der Waals surface area (Å²) < 4.78 is 23.9. The highest BCUT2D eigenvalue weighted by Crippen LogP contribution is 2.36. The highest BCUT2D eigenvalue weighted by atomic mass is 79.9. The van der Waals surface area contributed by atoms with Crippen LogP contribution in [0.2, 0.25) is 0 Å². The van der Waals surface area contributed by atoms with Crippen molar-refractivity contribution in [2.75, 3.05) is 0 Å². The molecule has 1 heterocycles. The molecule has 0 atom stereocenters. The Morgan fingerprint density at radius 1 is 1.29 bits per heavy atom. The highest BCUT2D eigenvalue weighted by molar-refractivity contribution is 9.10. The van der Waals surface area contributed by atoms with E-state index in [0.717, 1.165) is 0 Å². The number of sulfone groups is 1. The van der Waals surface area contributed by atoms with Crippen LogP contribution < -0.4 is 0 Å². The molecule has 1 aromatic carbocycles. The van der Waals surface area contributed by atoms with Crippen molar-refractivity contribution in [1.29, 1.82) is 0 Å². The van der Waals surface area contributed by atoms with E-state index in [1.165, 1.54) is 6.08 Å². The van der Waals surface area contributed by atoms with Gasteiger partial charge in [-0.2, -0.15) is 0 Å². The lowest BCUT2D eigenvalue weighted by molar-refractivity contribution is -0.104. The summed E-state index contributed by atoms with van der Waals surface area (Å²) in [6, 6.07) is 5.02. The van der Waals surface area contributed by atoms with E-state index >= 15 is 0 Å². The third-order valence-corrected chi connectivity index (χ3v) is 4.74. The lowest BCUT2D eigenvalue weighted by Crippen LogP contribution is -2.02. The molecule has 1 aromatic rings. The zero-order valence-electron chi connectivity index (χ0n) is 6.90. The molecule has 0 fully saturated rings. The summed E-state index contributed by atoms with van der Waals surface area (Å²) in [4.78, 5) is 10.5. The Labute approximate surface area is 89.5 Å². The first-order valence-corrected chi connectivity index (χ1v) is 6.05. The molecule has 1 aliphatic heterocycles. The van der Waals surface area contributed by atoms with Gasteiger partial charge < -0.3 is 0 Å². The van der Waals surface area contributed by atoms with Gasteiger partial charge in [0, 0.05) is 4.47 Å². The third kappa shape index (κ3) is 1.16. The van der Waals surface area contributed by atoms with Gasteiger partial charge in [-0.15, -0.1) is 0 Å². The maximum Gasteiger partial charge on any atom is 0.211 e. The molecule has 14 heavy (non-hydrogen) atoms. The zero-order chi connectivity index (χ0) is 10.3. The molecule has 0 amide bonds. The largest absolute Gasteiger partial charge is 0.297 e. The van der Waals surface area contributed by atoms with Crippen LogP contribution >= 0.6 is 15.9 Å². The summed E-state index contributed by atoms with van der Waals surface area (Å²) in [5, 5.41) is 0. The minimum absolute atomic E-state index is 0.181. The number of benzene rings is 1. The molecule has 72 valence electrons. The molecule has 0 saturated carbocycles. The molecule has 2 rings (SSSR count). The first-order valence-electron chi connectivity index (χ1n) is 3.78. The smallest absolute Gasteiger partial charge is 0.211 e. The average molecular weight is 273 g/mol. The van der Waals surface area contributed by atoms with E-state index in [-0.39, 0.29) is 9.80 Å². The van der Waals surface area contributed by atoms with Gasteiger partial charge in [-0.25, -0.2) is 8.42 Å². The number of rotatable bonds is 1. The number of carbonyl (C=O) groups excluding carboxylic acids is 1. The van der Waals surface area contributed by atoms with Crippen molar-refractivity contribution >= 4 is 38.1 Å². The van der Waals surface area contributed by atoms with Gasteiger partial charge in [0.05, 0.1) is 4.90 Å². The van der Waals surface area contributed by atoms with E-state index in [1.54, 1.807) is 18.2 Å². The molecule has 0 aliphatic carbocycles. The maximum atomic E-state index is 11.7. The summed E-state index contributed by atoms with van der Waals surface area (Å²) in [5.41, 5.74) is 0.557. The number of halogens is 1. The van der Waals surface area contributed by atoms with Gasteiger partial charge in [0.15, 0.2) is 6.29 Å². The maximum absolute atomic E-state index is 11.7. The fourth-order valence-corrected chi connectivity index (χ4v) is 3.80. The molecule has 0 spiro atoms. The van der Waals surface area contributed by atoms with Crippen LogP contribution in [0.25, 0.3) is 6.08 Å². The van der Waals surface area contributed by atoms with Gasteiger partial charge in [0.25, 0.3) is 0 Å². The van der Waals surface area contributed by atoms with Crippen LogP contribution in [-0.2, 0) is 14.6 Å². The Morgan fingerprint density at radius 3 is 2.57 bits per heavy atom. The van der Waals surface area contributed by atoms with Gasteiger partial charge in [-0.1, -0.05) is 12.1 Å². The van der Waals surface area contributed by atoms with Gasteiger partial charge >= 0.3 is 0 Å². The summed E-state index contributed by atoms with van der Waals surface area (Å²) >= 11 is 3.15. The van der Waals surface area contributed by atoms with Crippen LogP contribution in [0.4, 0.5) is 0 Å². The first kappa shape index (κ1) is 9.61. The van der Waals surface area contributed by atoms with Gasteiger partial charge in [0.2, 0.25) is 9.84 Å². The molecule has 0 radical (unpaired) electrons. The summed E-state index contributed by atoms with van der Waals surface area (Å²) in [7, 11) is -3.58. The van der Waals surface area contributed by atoms with Crippen LogP contribution in [0.3, 0.4) is 0 Å². The second-order valence-electron chi connectivity index (χ2n) is 2.83. The van der Waals surface area contributed by atoms with Gasteiger partial charge in [-0.05, 0) is 33.6 Å². The van der Waals surface area contributed by atoms with E-state index < -0.39 is 9.84 Å². The Bertz CT molecular complexity index is 543. The van der Waals surface area contributed by atoms with Crippen molar-refractivity contribution < 1.29 is 13.2 Å². The molecule has 3 nitrogen and oxygen atoms in total. The Hall–Kier alpha value is -0.940.